The highest BCUT2D eigenvalue weighted by atomic mass is 32.1. The van der Waals surface area contributed by atoms with Gasteiger partial charge >= 0.3 is 13.1 Å². The summed E-state index contributed by atoms with van der Waals surface area (Å²) in [4.78, 5) is 16.1. The van der Waals surface area contributed by atoms with Crippen LogP contribution in [0.4, 0.5) is 9.93 Å². The smallest absolute Gasteiger partial charge is 0.399 e. The first-order chi connectivity index (χ1) is 11.2. The standard InChI is InChI=1S/C16H22BN3O3S/c1-6-18-13(21)20-14-19-11-9-10(7-8-12(11)24-14)17-22-15(2,3)16(4,5)23-17/h7-9H,6H2,1-5H3,(H2,18,19,20,21). The van der Waals surface area contributed by atoms with E-state index in [2.05, 4.69) is 15.6 Å². The number of hydrogen-bond donors (Lipinski definition) is 2. The first kappa shape index (κ1) is 17.2. The summed E-state index contributed by atoms with van der Waals surface area (Å²) in [5, 5.41) is 6.00. The highest BCUT2D eigenvalue weighted by Crippen LogP contribution is 2.36. The summed E-state index contributed by atoms with van der Waals surface area (Å²) >= 11 is 1.44. The minimum absolute atomic E-state index is 0.247. The van der Waals surface area contributed by atoms with Crippen LogP contribution in [0.25, 0.3) is 10.2 Å². The zero-order chi connectivity index (χ0) is 17.5. The Labute approximate surface area is 146 Å². The normalized spacial score (nSPS) is 18.8. The molecule has 0 spiro atoms. The lowest BCUT2D eigenvalue weighted by Gasteiger charge is -2.32. The van der Waals surface area contributed by atoms with Crippen molar-refractivity contribution in [3.05, 3.63) is 18.2 Å². The van der Waals surface area contributed by atoms with Crippen molar-refractivity contribution in [2.24, 2.45) is 0 Å². The van der Waals surface area contributed by atoms with E-state index in [0.29, 0.717) is 11.7 Å². The van der Waals surface area contributed by atoms with Crippen LogP contribution < -0.4 is 16.1 Å². The molecule has 1 fully saturated rings. The average molecular weight is 347 g/mol. The summed E-state index contributed by atoms with van der Waals surface area (Å²) in [5.41, 5.74) is 0.995. The summed E-state index contributed by atoms with van der Waals surface area (Å²) in [6.07, 6.45) is 0. The molecule has 6 nitrogen and oxygen atoms in total. The van der Waals surface area contributed by atoms with Gasteiger partial charge < -0.3 is 14.6 Å². The molecule has 0 unspecified atom stereocenters. The summed E-state index contributed by atoms with van der Waals surface area (Å²) in [5.74, 6) is 0. The third-order valence-electron chi connectivity index (χ3n) is 4.49. The Morgan fingerprint density at radius 3 is 2.54 bits per heavy atom. The monoisotopic (exact) mass is 347 g/mol. The molecule has 0 radical (unpaired) electrons. The molecule has 3 rings (SSSR count). The molecule has 1 aliphatic heterocycles. The van der Waals surface area contributed by atoms with Gasteiger partial charge in [-0.25, -0.2) is 9.78 Å². The summed E-state index contributed by atoms with van der Waals surface area (Å²) in [6.45, 7) is 10.6. The Balaban J connectivity index is 1.83. The van der Waals surface area contributed by atoms with Gasteiger partial charge in [0.15, 0.2) is 5.13 Å². The van der Waals surface area contributed by atoms with Crippen LogP contribution in [0, 0.1) is 0 Å². The second-order valence-electron chi connectivity index (χ2n) is 6.82. The van der Waals surface area contributed by atoms with Gasteiger partial charge in [-0.15, -0.1) is 0 Å². The third-order valence-corrected chi connectivity index (χ3v) is 5.45. The molecule has 1 aliphatic rings. The number of amides is 2. The molecule has 24 heavy (non-hydrogen) atoms. The predicted octanol–water partition coefficient (Wildman–Crippen LogP) is 2.74. The number of anilines is 1. The molecular formula is C16H22BN3O3S. The first-order valence-corrected chi connectivity index (χ1v) is 8.84. The lowest BCUT2D eigenvalue weighted by Crippen LogP contribution is -2.41. The molecule has 0 aliphatic carbocycles. The van der Waals surface area contributed by atoms with Crippen LogP contribution in [0.1, 0.15) is 34.6 Å². The molecule has 2 heterocycles. The minimum Gasteiger partial charge on any atom is -0.399 e. The fraction of sp³-hybridized carbons (Fsp3) is 0.500. The van der Waals surface area contributed by atoms with Crippen molar-refractivity contribution in [2.75, 3.05) is 11.9 Å². The van der Waals surface area contributed by atoms with E-state index in [9.17, 15) is 4.79 Å². The molecular weight excluding hydrogens is 325 g/mol. The number of thiazole rings is 1. The highest BCUT2D eigenvalue weighted by Gasteiger charge is 2.51. The minimum atomic E-state index is -0.416. The number of benzene rings is 1. The van der Waals surface area contributed by atoms with Crippen LogP contribution >= 0.6 is 11.3 Å². The predicted molar refractivity (Wildman–Crippen MR) is 98.0 cm³/mol. The van der Waals surface area contributed by atoms with Crippen molar-refractivity contribution < 1.29 is 14.1 Å². The van der Waals surface area contributed by atoms with Gasteiger partial charge in [0.2, 0.25) is 0 Å². The van der Waals surface area contributed by atoms with E-state index in [1.165, 1.54) is 11.3 Å². The Bertz CT molecular complexity index is 759. The van der Waals surface area contributed by atoms with Gasteiger partial charge in [0.25, 0.3) is 0 Å². The average Bonchev–Trinajstić information content (AvgIpc) is 2.95. The van der Waals surface area contributed by atoms with Crippen LogP contribution in [-0.4, -0.2) is 35.9 Å². The van der Waals surface area contributed by atoms with Crippen LogP contribution in [0.15, 0.2) is 18.2 Å². The molecule has 0 saturated carbocycles. The molecule has 0 bridgehead atoms. The molecule has 0 atom stereocenters. The second kappa shape index (κ2) is 6.02. The van der Waals surface area contributed by atoms with E-state index in [4.69, 9.17) is 9.31 Å². The van der Waals surface area contributed by atoms with Crippen molar-refractivity contribution in [2.45, 2.75) is 45.8 Å². The lowest BCUT2D eigenvalue weighted by molar-refractivity contribution is 0.00578. The fourth-order valence-corrected chi connectivity index (χ4v) is 3.27. The van der Waals surface area contributed by atoms with E-state index < -0.39 is 7.12 Å². The van der Waals surface area contributed by atoms with E-state index in [0.717, 1.165) is 15.7 Å². The SMILES string of the molecule is CCNC(=O)Nc1nc2cc(B3OC(C)(C)C(C)(C)O3)ccc2s1. The fourth-order valence-electron chi connectivity index (χ4n) is 2.43. The number of nitrogens with zero attached hydrogens (tertiary/aromatic N) is 1. The van der Waals surface area contributed by atoms with Gasteiger partial charge in [-0.05, 0) is 52.2 Å². The number of fused-ring (bicyclic) bond motifs is 1. The second-order valence-corrected chi connectivity index (χ2v) is 7.85. The largest absolute Gasteiger partial charge is 0.494 e. The van der Waals surface area contributed by atoms with Gasteiger partial charge in [0, 0.05) is 6.54 Å². The molecule has 2 amide bonds. The Morgan fingerprint density at radius 1 is 1.25 bits per heavy atom. The summed E-state index contributed by atoms with van der Waals surface area (Å²) in [6, 6.07) is 5.67. The van der Waals surface area contributed by atoms with Gasteiger partial charge in [0.05, 0.1) is 21.4 Å². The van der Waals surface area contributed by atoms with E-state index in [1.54, 1.807) is 0 Å². The number of carbonyl (C=O) groups is 1. The van der Waals surface area contributed by atoms with E-state index >= 15 is 0 Å². The van der Waals surface area contributed by atoms with Crippen molar-refractivity contribution in [3.8, 4) is 0 Å². The maximum absolute atomic E-state index is 11.6. The topological polar surface area (TPSA) is 72.5 Å². The van der Waals surface area contributed by atoms with Gasteiger partial charge in [-0.1, -0.05) is 17.4 Å². The van der Waals surface area contributed by atoms with Gasteiger partial charge in [-0.2, -0.15) is 0 Å². The van der Waals surface area contributed by atoms with Crippen LogP contribution in [0.2, 0.25) is 0 Å². The highest BCUT2D eigenvalue weighted by molar-refractivity contribution is 7.22. The van der Waals surface area contributed by atoms with Crippen molar-refractivity contribution >= 4 is 45.3 Å². The summed E-state index contributed by atoms with van der Waals surface area (Å²) < 4.78 is 13.2. The summed E-state index contributed by atoms with van der Waals surface area (Å²) in [7, 11) is -0.416. The van der Waals surface area contributed by atoms with Crippen LogP contribution in [0.5, 0.6) is 0 Å². The number of nitrogens with one attached hydrogen (secondary N) is 2. The molecule has 1 aromatic carbocycles. The molecule has 8 heteroatoms. The maximum Gasteiger partial charge on any atom is 0.494 e. The van der Waals surface area contributed by atoms with Crippen molar-refractivity contribution in [1.82, 2.24) is 10.3 Å². The molecule has 2 aromatic rings. The molecule has 1 aromatic heterocycles. The zero-order valence-corrected chi connectivity index (χ0v) is 15.4. The Morgan fingerprint density at radius 2 is 1.92 bits per heavy atom. The maximum atomic E-state index is 11.6. The van der Waals surface area contributed by atoms with Crippen LogP contribution in [0.3, 0.4) is 0 Å². The third kappa shape index (κ3) is 3.13. The number of urea groups is 1. The number of aromatic nitrogens is 1. The van der Waals surface area contributed by atoms with Gasteiger partial charge in [-0.3, -0.25) is 5.32 Å². The first-order valence-electron chi connectivity index (χ1n) is 8.03. The number of carbonyl (C=O) groups excluding carboxylic acids is 1. The molecule has 128 valence electrons. The molecule has 2 N–H and O–H groups in total. The van der Waals surface area contributed by atoms with Crippen LogP contribution in [-0.2, 0) is 9.31 Å². The van der Waals surface area contributed by atoms with Gasteiger partial charge in [0.1, 0.15) is 0 Å². The lowest BCUT2D eigenvalue weighted by atomic mass is 9.79. The Hall–Kier alpha value is -1.64. The number of hydrogen-bond acceptors (Lipinski definition) is 5. The quantitative estimate of drug-likeness (QED) is 0.838. The van der Waals surface area contributed by atoms with Crippen molar-refractivity contribution in [3.63, 3.8) is 0 Å². The van der Waals surface area contributed by atoms with Crippen molar-refractivity contribution in [1.29, 1.82) is 0 Å². The van der Waals surface area contributed by atoms with E-state index in [-0.39, 0.29) is 17.2 Å². The van der Waals surface area contributed by atoms with E-state index in [1.807, 2.05) is 52.8 Å². The number of rotatable bonds is 3. The molecule has 1 saturated heterocycles. The zero-order valence-electron chi connectivity index (χ0n) is 14.6. The Kier molecular flexibility index (Phi) is 4.31.